The fourth-order valence-electron chi connectivity index (χ4n) is 1.90. The minimum absolute atomic E-state index is 0.143. The minimum Gasteiger partial charge on any atom is -0.493 e. The van der Waals surface area contributed by atoms with Crippen molar-refractivity contribution >= 4 is 11.7 Å². The molecule has 0 heterocycles. The Morgan fingerprint density at radius 3 is 2.25 bits per heavy atom. The van der Waals surface area contributed by atoms with Crippen LogP contribution in [0.3, 0.4) is 0 Å². The van der Waals surface area contributed by atoms with Crippen LogP contribution in [0.2, 0.25) is 0 Å². The molecular formula is C16H25NO3. The smallest absolute Gasteiger partial charge is 0.305 e. The van der Waals surface area contributed by atoms with Crippen molar-refractivity contribution in [1.29, 1.82) is 0 Å². The zero-order valence-corrected chi connectivity index (χ0v) is 12.8. The highest BCUT2D eigenvalue weighted by molar-refractivity contribution is 5.67. The van der Waals surface area contributed by atoms with E-state index in [0.29, 0.717) is 19.1 Å². The second kappa shape index (κ2) is 7.78. The number of hydrogen-bond donors (Lipinski definition) is 1. The Hall–Kier alpha value is -1.71. The van der Waals surface area contributed by atoms with Crippen LogP contribution in [0.4, 0.5) is 5.69 Å². The summed E-state index contributed by atoms with van der Waals surface area (Å²) in [5, 5.41) is 8.81. The number of carboxylic acids is 1. The van der Waals surface area contributed by atoms with Crippen molar-refractivity contribution in [2.24, 2.45) is 5.92 Å². The summed E-state index contributed by atoms with van der Waals surface area (Å²) in [6, 6.07) is 8.10. The quantitative estimate of drug-likeness (QED) is 0.792. The Kier molecular flexibility index (Phi) is 6.36. The number of anilines is 1. The number of rotatable bonds is 8. The molecule has 1 aromatic carbocycles. The molecule has 1 rings (SSSR count). The van der Waals surface area contributed by atoms with E-state index in [2.05, 4.69) is 32.6 Å². The number of carboxylic acid groups (broad SMARTS) is 1. The summed E-state index contributed by atoms with van der Waals surface area (Å²) in [5.74, 6) is 0.578. The summed E-state index contributed by atoms with van der Waals surface area (Å²) in [5.41, 5.74) is 1.03. The van der Waals surface area contributed by atoms with Crippen LogP contribution in [0.5, 0.6) is 5.75 Å². The van der Waals surface area contributed by atoms with Crippen LogP contribution in [-0.2, 0) is 4.79 Å². The van der Waals surface area contributed by atoms with Gasteiger partial charge >= 0.3 is 5.97 Å². The van der Waals surface area contributed by atoms with Crippen LogP contribution < -0.4 is 9.64 Å². The lowest BCUT2D eigenvalue weighted by atomic mass is 10.2. The van der Waals surface area contributed by atoms with Crippen molar-refractivity contribution in [3.05, 3.63) is 24.3 Å². The third-order valence-electron chi connectivity index (χ3n) is 2.94. The molecule has 0 fully saturated rings. The van der Waals surface area contributed by atoms with Gasteiger partial charge in [0.05, 0.1) is 13.0 Å². The van der Waals surface area contributed by atoms with Crippen molar-refractivity contribution in [1.82, 2.24) is 0 Å². The molecule has 0 radical (unpaired) electrons. The van der Waals surface area contributed by atoms with Gasteiger partial charge in [0, 0.05) is 18.3 Å². The van der Waals surface area contributed by atoms with E-state index in [-0.39, 0.29) is 12.5 Å². The largest absolute Gasteiger partial charge is 0.493 e. The van der Waals surface area contributed by atoms with Gasteiger partial charge in [0.1, 0.15) is 5.75 Å². The summed E-state index contributed by atoms with van der Waals surface area (Å²) in [6.07, 6.45) is 0.143. The molecule has 0 aliphatic rings. The molecule has 0 saturated carbocycles. The van der Waals surface area contributed by atoms with Gasteiger partial charge in [0.25, 0.3) is 0 Å². The molecule has 1 N–H and O–H groups in total. The van der Waals surface area contributed by atoms with Gasteiger partial charge in [-0.3, -0.25) is 4.79 Å². The lowest BCUT2D eigenvalue weighted by Gasteiger charge is -2.28. The molecule has 4 nitrogen and oxygen atoms in total. The van der Waals surface area contributed by atoms with E-state index in [9.17, 15) is 4.79 Å². The van der Waals surface area contributed by atoms with E-state index in [1.807, 2.05) is 24.3 Å². The molecule has 20 heavy (non-hydrogen) atoms. The Morgan fingerprint density at radius 2 is 1.80 bits per heavy atom. The molecule has 0 saturated heterocycles. The van der Waals surface area contributed by atoms with Gasteiger partial charge in [-0.15, -0.1) is 0 Å². The summed E-state index contributed by atoms with van der Waals surface area (Å²) in [7, 11) is 0. The van der Waals surface area contributed by atoms with Gasteiger partial charge in [-0.05, 0) is 44.0 Å². The first-order valence-corrected chi connectivity index (χ1v) is 7.11. The van der Waals surface area contributed by atoms with Crippen LogP contribution in [0, 0.1) is 5.92 Å². The van der Waals surface area contributed by atoms with Crippen molar-refractivity contribution in [3.8, 4) is 5.75 Å². The molecule has 112 valence electrons. The van der Waals surface area contributed by atoms with Crippen LogP contribution in [0.25, 0.3) is 0 Å². The average Bonchev–Trinajstić information content (AvgIpc) is 2.37. The molecular weight excluding hydrogens is 254 g/mol. The van der Waals surface area contributed by atoms with Gasteiger partial charge in [0.15, 0.2) is 0 Å². The summed E-state index contributed by atoms with van der Waals surface area (Å²) in [4.78, 5) is 12.8. The zero-order chi connectivity index (χ0) is 15.1. The third-order valence-corrected chi connectivity index (χ3v) is 2.94. The van der Waals surface area contributed by atoms with E-state index >= 15 is 0 Å². The third kappa shape index (κ3) is 5.51. The average molecular weight is 279 g/mol. The van der Waals surface area contributed by atoms with Gasteiger partial charge in [-0.25, -0.2) is 0 Å². The molecule has 0 atom stereocenters. The van der Waals surface area contributed by atoms with Crippen LogP contribution in [-0.4, -0.2) is 30.3 Å². The summed E-state index contributed by atoms with van der Waals surface area (Å²) in [6.45, 7) is 9.56. The van der Waals surface area contributed by atoms with E-state index in [1.54, 1.807) is 0 Å². The second-order valence-electron chi connectivity index (χ2n) is 5.63. The number of aliphatic carboxylic acids is 1. The van der Waals surface area contributed by atoms with Crippen LogP contribution in [0.15, 0.2) is 24.3 Å². The minimum atomic E-state index is -0.771. The van der Waals surface area contributed by atoms with E-state index < -0.39 is 5.97 Å². The Balaban J connectivity index is 2.69. The van der Waals surface area contributed by atoms with Crippen molar-refractivity contribution in [3.63, 3.8) is 0 Å². The molecule has 0 amide bonds. The van der Waals surface area contributed by atoms with E-state index in [0.717, 1.165) is 11.4 Å². The lowest BCUT2D eigenvalue weighted by Crippen LogP contribution is -2.32. The molecule has 0 aliphatic carbocycles. The highest BCUT2D eigenvalue weighted by Crippen LogP contribution is 2.22. The summed E-state index contributed by atoms with van der Waals surface area (Å²) >= 11 is 0. The molecule has 0 bridgehead atoms. The maximum absolute atomic E-state index is 10.7. The van der Waals surface area contributed by atoms with Crippen molar-refractivity contribution in [2.75, 3.05) is 18.1 Å². The molecule has 1 aromatic rings. The van der Waals surface area contributed by atoms with E-state index in [4.69, 9.17) is 9.84 Å². The Bertz CT molecular complexity index is 412. The predicted molar refractivity (Wildman–Crippen MR) is 81.5 cm³/mol. The van der Waals surface area contributed by atoms with Gasteiger partial charge < -0.3 is 14.7 Å². The first-order chi connectivity index (χ1) is 9.40. The van der Waals surface area contributed by atoms with Crippen molar-refractivity contribution < 1.29 is 14.6 Å². The SMILES string of the molecule is CC(C)COc1ccc(N(CCC(=O)O)C(C)C)cc1. The maximum Gasteiger partial charge on any atom is 0.305 e. The fraction of sp³-hybridized carbons (Fsp3) is 0.562. The number of carbonyl (C=O) groups is 1. The van der Waals surface area contributed by atoms with Crippen LogP contribution >= 0.6 is 0 Å². The number of hydrogen-bond acceptors (Lipinski definition) is 3. The van der Waals surface area contributed by atoms with Gasteiger partial charge in [0.2, 0.25) is 0 Å². The monoisotopic (exact) mass is 279 g/mol. The molecule has 0 unspecified atom stereocenters. The second-order valence-corrected chi connectivity index (χ2v) is 5.63. The van der Waals surface area contributed by atoms with Gasteiger partial charge in [-0.1, -0.05) is 13.8 Å². The number of nitrogens with zero attached hydrogens (tertiary/aromatic N) is 1. The first kappa shape index (κ1) is 16.3. The predicted octanol–water partition coefficient (Wildman–Crippen LogP) is 3.41. The Labute approximate surface area is 121 Å². The maximum atomic E-state index is 10.7. The summed E-state index contributed by atoms with van der Waals surface area (Å²) < 4.78 is 5.65. The molecule has 0 aromatic heterocycles. The normalized spacial score (nSPS) is 10.9. The first-order valence-electron chi connectivity index (χ1n) is 7.11. The molecule has 0 spiro atoms. The molecule has 0 aliphatic heterocycles. The lowest BCUT2D eigenvalue weighted by molar-refractivity contribution is -0.136. The van der Waals surface area contributed by atoms with Crippen LogP contribution in [0.1, 0.15) is 34.1 Å². The molecule has 4 heteroatoms. The highest BCUT2D eigenvalue weighted by atomic mass is 16.5. The number of ether oxygens (including phenoxy) is 1. The standard InChI is InChI=1S/C16H25NO3/c1-12(2)11-20-15-7-5-14(6-8-15)17(13(3)4)10-9-16(18)19/h5-8,12-13H,9-11H2,1-4H3,(H,18,19). The number of benzene rings is 1. The zero-order valence-electron chi connectivity index (χ0n) is 12.8. The Morgan fingerprint density at radius 1 is 1.20 bits per heavy atom. The highest BCUT2D eigenvalue weighted by Gasteiger charge is 2.12. The van der Waals surface area contributed by atoms with Crippen molar-refractivity contribution in [2.45, 2.75) is 40.2 Å². The fourth-order valence-corrected chi connectivity index (χ4v) is 1.90. The topological polar surface area (TPSA) is 49.8 Å². The van der Waals surface area contributed by atoms with E-state index in [1.165, 1.54) is 0 Å². The van der Waals surface area contributed by atoms with Gasteiger partial charge in [-0.2, -0.15) is 0 Å².